The number of carbonyl (C=O) groups excluding carboxylic acids is 1. The molecule has 1 aromatic heterocycles. The summed E-state index contributed by atoms with van der Waals surface area (Å²) in [5.41, 5.74) is -3.02. The van der Waals surface area contributed by atoms with Crippen LogP contribution in [0.25, 0.3) is 0 Å². The summed E-state index contributed by atoms with van der Waals surface area (Å²) in [4.78, 5) is 21.5. The molecule has 0 spiro atoms. The van der Waals surface area contributed by atoms with Gasteiger partial charge in [0.25, 0.3) is 11.6 Å². The van der Waals surface area contributed by atoms with Crippen LogP contribution in [0.4, 0.5) is 44.8 Å². The van der Waals surface area contributed by atoms with Gasteiger partial charge in [0.2, 0.25) is 0 Å². The number of benzene rings is 2. The van der Waals surface area contributed by atoms with Crippen LogP contribution in [0, 0.1) is 11.6 Å². The maximum absolute atomic E-state index is 14.2. The Balaban J connectivity index is 1.63. The lowest BCUT2D eigenvalue weighted by atomic mass is 10.1. The summed E-state index contributed by atoms with van der Waals surface area (Å²) in [5, 5.41) is 7.00. The van der Waals surface area contributed by atoms with Gasteiger partial charge in [-0.2, -0.15) is 13.2 Å². The fraction of sp³-hybridized carbons (Fsp3) is 0.190. The summed E-state index contributed by atoms with van der Waals surface area (Å²) in [6.07, 6.45) is -3.14. The quantitative estimate of drug-likeness (QED) is 0.499. The molecule has 0 bridgehead atoms. The Bertz CT molecular complexity index is 1190. The van der Waals surface area contributed by atoms with Crippen molar-refractivity contribution in [3.05, 3.63) is 71.7 Å². The number of anilines is 4. The molecule has 0 aliphatic carbocycles. The molecule has 3 N–H and O–H groups in total. The molecule has 7 nitrogen and oxygen atoms in total. The van der Waals surface area contributed by atoms with Crippen LogP contribution < -0.4 is 20.9 Å². The van der Waals surface area contributed by atoms with Gasteiger partial charge in [0, 0.05) is 19.8 Å². The molecule has 3 aromatic rings. The molecule has 2 aromatic carbocycles. The molecule has 0 saturated carbocycles. The predicted octanol–water partition coefficient (Wildman–Crippen LogP) is 4.33. The smallest absolute Gasteiger partial charge is 0.378 e. The predicted molar refractivity (Wildman–Crippen MR) is 112 cm³/mol. The van der Waals surface area contributed by atoms with Gasteiger partial charge in [0.15, 0.2) is 5.82 Å². The van der Waals surface area contributed by atoms with E-state index in [1.807, 2.05) is 0 Å². The second kappa shape index (κ2) is 7.87. The van der Waals surface area contributed by atoms with E-state index in [4.69, 9.17) is 0 Å². The molecule has 1 aliphatic rings. The zero-order valence-corrected chi connectivity index (χ0v) is 17.3. The van der Waals surface area contributed by atoms with Crippen molar-refractivity contribution < 1.29 is 26.7 Å². The first-order valence-electron chi connectivity index (χ1n) is 9.54. The van der Waals surface area contributed by atoms with Gasteiger partial charge in [-0.3, -0.25) is 9.78 Å². The second-order valence-corrected chi connectivity index (χ2v) is 7.46. The summed E-state index contributed by atoms with van der Waals surface area (Å²) >= 11 is 0. The van der Waals surface area contributed by atoms with E-state index >= 15 is 0 Å². The molecule has 2 heterocycles. The van der Waals surface area contributed by atoms with Gasteiger partial charge in [-0.1, -0.05) is 6.07 Å². The third kappa shape index (κ3) is 3.88. The Kier molecular flexibility index (Phi) is 5.30. The highest BCUT2D eigenvalue weighted by Gasteiger charge is 2.61. The van der Waals surface area contributed by atoms with Gasteiger partial charge in [0.1, 0.15) is 22.9 Å². The minimum absolute atomic E-state index is 0.215. The minimum Gasteiger partial charge on any atom is -0.378 e. The van der Waals surface area contributed by atoms with Crippen molar-refractivity contribution in [2.45, 2.75) is 11.8 Å². The van der Waals surface area contributed by atoms with Crippen molar-refractivity contribution in [1.29, 1.82) is 0 Å². The van der Waals surface area contributed by atoms with Crippen LogP contribution in [-0.4, -0.2) is 36.1 Å². The maximum atomic E-state index is 14.2. The van der Waals surface area contributed by atoms with Crippen molar-refractivity contribution in [3.8, 4) is 0 Å². The largest absolute Gasteiger partial charge is 0.436 e. The third-order valence-corrected chi connectivity index (χ3v) is 5.06. The van der Waals surface area contributed by atoms with Gasteiger partial charge in [-0.25, -0.2) is 13.8 Å². The number of fused-ring (bicyclic) bond motifs is 1. The highest BCUT2D eigenvalue weighted by atomic mass is 19.4. The van der Waals surface area contributed by atoms with E-state index in [1.165, 1.54) is 6.07 Å². The molecule has 0 saturated heterocycles. The Morgan fingerprint density at radius 1 is 1.00 bits per heavy atom. The molecule has 1 unspecified atom stereocenters. The summed E-state index contributed by atoms with van der Waals surface area (Å²) in [6.45, 7) is 0. The number of hydrogen-bond acceptors (Lipinski definition) is 6. The highest BCUT2D eigenvalue weighted by molar-refractivity contribution is 6.04. The average molecular weight is 464 g/mol. The van der Waals surface area contributed by atoms with Crippen molar-refractivity contribution in [2.24, 2.45) is 0 Å². The Morgan fingerprint density at radius 3 is 2.24 bits per heavy atom. The number of rotatable bonds is 4. The number of amides is 1. The standard InChI is InChI=1S/C21H17F5N6O/c1-32(2)11-6-7-14-15(8-11)31-20(30-14,21(24,25)26)16-9-28-17(10-27-16)29-19(33)18-12(22)4-3-5-13(18)23/h3-10,30-31H,1-2H3,(H,28,29,33). The van der Waals surface area contributed by atoms with E-state index in [9.17, 15) is 26.7 Å². The maximum Gasteiger partial charge on any atom is 0.436 e. The lowest BCUT2D eigenvalue weighted by molar-refractivity contribution is -0.173. The number of carbonyl (C=O) groups is 1. The summed E-state index contributed by atoms with van der Waals surface area (Å²) in [5.74, 6) is -3.63. The second-order valence-electron chi connectivity index (χ2n) is 7.46. The number of alkyl halides is 3. The van der Waals surface area contributed by atoms with Crippen LogP contribution in [-0.2, 0) is 5.66 Å². The Hall–Kier alpha value is -3.96. The highest BCUT2D eigenvalue weighted by Crippen LogP contribution is 2.48. The van der Waals surface area contributed by atoms with Crippen molar-refractivity contribution in [1.82, 2.24) is 9.97 Å². The Morgan fingerprint density at radius 2 is 1.67 bits per heavy atom. The monoisotopic (exact) mass is 464 g/mol. The zero-order chi connectivity index (χ0) is 24.0. The first-order chi connectivity index (χ1) is 15.5. The molecule has 1 aliphatic heterocycles. The fourth-order valence-corrected chi connectivity index (χ4v) is 3.35. The zero-order valence-electron chi connectivity index (χ0n) is 17.3. The van der Waals surface area contributed by atoms with Crippen LogP contribution in [0.5, 0.6) is 0 Å². The topological polar surface area (TPSA) is 82.2 Å². The molecule has 0 fully saturated rings. The van der Waals surface area contributed by atoms with E-state index < -0.39 is 40.6 Å². The number of hydrogen-bond donors (Lipinski definition) is 3. The SMILES string of the molecule is CN(C)c1ccc2c(c1)NC(c1cnc(NC(=O)c3c(F)cccc3F)cn1)(C(F)(F)F)N2. The molecule has 4 rings (SSSR count). The molecular weight excluding hydrogens is 447 g/mol. The van der Waals surface area contributed by atoms with Crippen molar-refractivity contribution >= 4 is 28.8 Å². The fourth-order valence-electron chi connectivity index (χ4n) is 3.35. The lowest BCUT2D eigenvalue weighted by Crippen LogP contribution is -2.52. The van der Waals surface area contributed by atoms with E-state index in [1.54, 1.807) is 31.1 Å². The third-order valence-electron chi connectivity index (χ3n) is 5.06. The Labute approximate surface area is 184 Å². The average Bonchev–Trinajstić information content (AvgIpc) is 3.14. The van der Waals surface area contributed by atoms with E-state index in [2.05, 4.69) is 25.9 Å². The molecule has 172 valence electrons. The molecule has 0 radical (unpaired) electrons. The summed E-state index contributed by atoms with van der Waals surface area (Å²) in [7, 11) is 3.51. The molecular formula is C21H17F5N6O. The number of aromatic nitrogens is 2. The normalized spacial score (nSPS) is 17.1. The van der Waals surface area contributed by atoms with Gasteiger partial charge in [-0.15, -0.1) is 0 Å². The lowest BCUT2D eigenvalue weighted by Gasteiger charge is -2.32. The molecule has 1 atom stereocenters. The number of nitrogens with one attached hydrogen (secondary N) is 3. The number of halogens is 5. The van der Waals surface area contributed by atoms with E-state index in [0.29, 0.717) is 5.69 Å². The van der Waals surface area contributed by atoms with Gasteiger partial charge < -0.3 is 20.9 Å². The summed E-state index contributed by atoms with van der Waals surface area (Å²) < 4.78 is 70.1. The van der Waals surface area contributed by atoms with Crippen LogP contribution >= 0.6 is 0 Å². The molecule has 12 heteroatoms. The summed E-state index contributed by atoms with van der Waals surface area (Å²) in [6, 6.07) is 7.62. The van der Waals surface area contributed by atoms with Crippen molar-refractivity contribution in [3.63, 3.8) is 0 Å². The van der Waals surface area contributed by atoms with Crippen LogP contribution in [0.2, 0.25) is 0 Å². The van der Waals surface area contributed by atoms with Gasteiger partial charge in [0.05, 0.1) is 23.8 Å². The molecule has 1 amide bonds. The van der Waals surface area contributed by atoms with Gasteiger partial charge in [-0.05, 0) is 30.3 Å². The van der Waals surface area contributed by atoms with Crippen LogP contribution in [0.15, 0.2) is 48.8 Å². The van der Waals surface area contributed by atoms with E-state index in [0.717, 1.165) is 30.6 Å². The first-order valence-corrected chi connectivity index (χ1v) is 9.54. The molecule has 33 heavy (non-hydrogen) atoms. The van der Waals surface area contributed by atoms with E-state index in [-0.39, 0.29) is 17.2 Å². The van der Waals surface area contributed by atoms with Crippen molar-refractivity contribution in [2.75, 3.05) is 34.9 Å². The van der Waals surface area contributed by atoms with Gasteiger partial charge >= 0.3 is 6.18 Å². The van der Waals surface area contributed by atoms with Crippen LogP contribution in [0.3, 0.4) is 0 Å². The first kappa shape index (κ1) is 22.2. The van der Waals surface area contributed by atoms with Crippen LogP contribution in [0.1, 0.15) is 16.1 Å². The minimum atomic E-state index is -4.83. The number of nitrogens with zero attached hydrogens (tertiary/aromatic N) is 3.